The third-order valence-corrected chi connectivity index (χ3v) is 7.71. The monoisotopic (exact) mass is 569 g/mol. The number of likely N-dealkylation sites (tertiary alicyclic amines) is 1. The van der Waals surface area contributed by atoms with Gasteiger partial charge >= 0.3 is 0 Å². The molecule has 1 aliphatic heterocycles. The number of ether oxygens (including phenoxy) is 1. The van der Waals surface area contributed by atoms with Crippen LogP contribution >= 0.6 is 11.6 Å². The molecule has 1 aliphatic carbocycles. The summed E-state index contributed by atoms with van der Waals surface area (Å²) in [4.78, 5) is 13.6. The Balaban J connectivity index is 0.000000186. The number of aromatic nitrogens is 1. The number of fused-ring (bicyclic) bond motifs is 1. The van der Waals surface area contributed by atoms with Gasteiger partial charge in [-0.15, -0.1) is 6.58 Å². The van der Waals surface area contributed by atoms with Crippen LogP contribution in [0.25, 0.3) is 16.5 Å². The lowest BCUT2D eigenvalue weighted by atomic mass is 10.1. The zero-order valence-electron chi connectivity index (χ0n) is 23.3. The molecule has 0 radical (unpaired) electrons. The number of hydrogen-bond donors (Lipinski definition) is 1. The van der Waals surface area contributed by atoms with E-state index < -0.39 is 18.0 Å². The first kappa shape index (κ1) is 29.8. The molecule has 3 aromatic rings. The molecule has 5 rings (SSSR count). The first-order chi connectivity index (χ1) is 19.2. The van der Waals surface area contributed by atoms with E-state index in [-0.39, 0.29) is 30.4 Å². The van der Waals surface area contributed by atoms with Gasteiger partial charge in [0.2, 0.25) is 5.91 Å². The van der Waals surface area contributed by atoms with Gasteiger partial charge in [0.25, 0.3) is 0 Å². The highest BCUT2D eigenvalue weighted by molar-refractivity contribution is 6.30. The van der Waals surface area contributed by atoms with Crippen LogP contribution in [0.1, 0.15) is 43.7 Å². The van der Waals surface area contributed by atoms with Gasteiger partial charge in [0.15, 0.2) is 0 Å². The Morgan fingerprint density at radius 1 is 1.27 bits per heavy atom. The van der Waals surface area contributed by atoms with Crippen LogP contribution < -0.4 is 10.1 Å². The summed E-state index contributed by atoms with van der Waals surface area (Å²) in [5.74, 6) is 1.04. The maximum atomic E-state index is 13.6. The molecule has 0 bridgehead atoms. The summed E-state index contributed by atoms with van der Waals surface area (Å²) in [6.07, 6.45) is 7.22. The van der Waals surface area contributed by atoms with Gasteiger partial charge in [0.05, 0.1) is 23.2 Å². The molecule has 1 N–H and O–H groups in total. The molecule has 1 saturated carbocycles. The van der Waals surface area contributed by atoms with Crippen LogP contribution in [0.3, 0.4) is 0 Å². The Kier molecular flexibility index (Phi) is 10.0. The topological polar surface area (TPSA) is 46.5 Å². The largest absolute Gasteiger partial charge is 0.494 e. The highest BCUT2D eigenvalue weighted by Crippen LogP contribution is 2.33. The summed E-state index contributed by atoms with van der Waals surface area (Å²) in [6.45, 7) is 11.9. The van der Waals surface area contributed by atoms with Crippen molar-refractivity contribution in [2.45, 2.75) is 57.9 Å². The molecule has 1 saturated heterocycles. The van der Waals surface area contributed by atoms with Crippen molar-refractivity contribution in [2.75, 3.05) is 20.2 Å². The summed E-state index contributed by atoms with van der Waals surface area (Å²) in [5, 5.41) is 3.87. The van der Waals surface area contributed by atoms with E-state index in [0.717, 1.165) is 30.4 Å². The fourth-order valence-corrected chi connectivity index (χ4v) is 5.16. The highest BCUT2D eigenvalue weighted by Gasteiger charge is 2.34. The second kappa shape index (κ2) is 13.5. The van der Waals surface area contributed by atoms with Gasteiger partial charge in [0, 0.05) is 54.8 Å². The summed E-state index contributed by atoms with van der Waals surface area (Å²) in [5.41, 5.74) is 3.80. The SMILES string of the molecule is C=CCn1cc(C(=C)C)c2ccc(OCCC3CC3)cc21.CN1C[C@H](F)C[C@H]1C(=O)NCc1cccc(Cl)c1F. The van der Waals surface area contributed by atoms with Crippen LogP contribution in [0.2, 0.25) is 5.02 Å². The number of halogens is 3. The van der Waals surface area contributed by atoms with Crippen molar-refractivity contribution < 1.29 is 18.3 Å². The Morgan fingerprint density at radius 2 is 2.05 bits per heavy atom. The average Bonchev–Trinajstić information content (AvgIpc) is 3.58. The van der Waals surface area contributed by atoms with Crippen molar-refractivity contribution in [3.8, 4) is 5.75 Å². The Bertz CT molecular complexity index is 1370. The van der Waals surface area contributed by atoms with Gasteiger partial charge in [-0.3, -0.25) is 9.69 Å². The number of amides is 1. The predicted molar refractivity (Wildman–Crippen MR) is 159 cm³/mol. The van der Waals surface area contributed by atoms with Gasteiger partial charge in [-0.2, -0.15) is 0 Å². The number of nitrogens with one attached hydrogen (secondary N) is 1. The van der Waals surface area contributed by atoms with E-state index in [1.54, 1.807) is 24.1 Å². The third-order valence-electron chi connectivity index (χ3n) is 7.42. The molecular formula is C32H38ClF2N3O2. The second-order valence-electron chi connectivity index (χ2n) is 10.7. The minimum Gasteiger partial charge on any atom is -0.494 e. The summed E-state index contributed by atoms with van der Waals surface area (Å²) in [6, 6.07) is 10.5. The molecule has 2 atom stereocenters. The van der Waals surface area contributed by atoms with Crippen LogP contribution in [-0.2, 0) is 17.9 Å². The smallest absolute Gasteiger partial charge is 0.237 e. The van der Waals surface area contributed by atoms with E-state index in [1.165, 1.54) is 41.8 Å². The van der Waals surface area contributed by atoms with Crippen molar-refractivity contribution in [3.05, 3.63) is 83.8 Å². The fraction of sp³-hybridized carbons (Fsp3) is 0.406. The minimum absolute atomic E-state index is 0.0218. The predicted octanol–water partition coefficient (Wildman–Crippen LogP) is 7.18. The molecule has 0 spiro atoms. The lowest BCUT2D eigenvalue weighted by Gasteiger charge is -2.18. The first-order valence-electron chi connectivity index (χ1n) is 13.7. The summed E-state index contributed by atoms with van der Waals surface area (Å²) < 4.78 is 34.9. The number of hydrogen-bond acceptors (Lipinski definition) is 3. The molecule has 1 amide bonds. The number of rotatable bonds is 10. The van der Waals surface area contributed by atoms with E-state index >= 15 is 0 Å². The molecule has 8 heteroatoms. The number of nitrogens with zero attached hydrogens (tertiary/aromatic N) is 2. The van der Waals surface area contributed by atoms with Gasteiger partial charge in [-0.25, -0.2) is 8.78 Å². The molecule has 1 aromatic heterocycles. The Morgan fingerprint density at radius 3 is 2.70 bits per heavy atom. The van der Waals surface area contributed by atoms with Gasteiger partial charge in [0.1, 0.15) is 17.7 Å². The summed E-state index contributed by atoms with van der Waals surface area (Å²) in [7, 11) is 1.70. The van der Waals surface area contributed by atoms with Crippen LogP contribution in [-0.4, -0.2) is 47.8 Å². The Labute approximate surface area is 240 Å². The van der Waals surface area contributed by atoms with Crippen LogP contribution in [0.5, 0.6) is 5.75 Å². The maximum Gasteiger partial charge on any atom is 0.237 e. The van der Waals surface area contributed by atoms with Crippen molar-refractivity contribution in [1.29, 1.82) is 0 Å². The normalized spacial score (nSPS) is 18.7. The number of carbonyl (C=O) groups is 1. The van der Waals surface area contributed by atoms with Crippen molar-refractivity contribution in [2.24, 2.45) is 5.92 Å². The van der Waals surface area contributed by atoms with E-state index in [9.17, 15) is 13.6 Å². The number of carbonyl (C=O) groups excluding carboxylic acids is 1. The molecule has 0 unspecified atom stereocenters. The molecule has 2 fully saturated rings. The van der Waals surface area contributed by atoms with E-state index in [1.807, 2.05) is 13.0 Å². The number of allylic oxidation sites excluding steroid dienone is 2. The quantitative estimate of drug-likeness (QED) is 0.263. The number of alkyl halides is 1. The molecular weight excluding hydrogens is 532 g/mol. The molecule has 5 nitrogen and oxygen atoms in total. The zero-order chi connectivity index (χ0) is 28.8. The van der Waals surface area contributed by atoms with Gasteiger partial charge < -0.3 is 14.6 Å². The zero-order valence-corrected chi connectivity index (χ0v) is 24.0. The molecule has 214 valence electrons. The van der Waals surface area contributed by atoms with Crippen LogP contribution in [0, 0.1) is 11.7 Å². The first-order valence-corrected chi connectivity index (χ1v) is 14.1. The Hall–Kier alpha value is -3.16. The number of benzene rings is 2. The van der Waals surface area contributed by atoms with Crippen LogP contribution in [0.4, 0.5) is 8.78 Å². The van der Waals surface area contributed by atoms with Crippen molar-refractivity contribution in [1.82, 2.24) is 14.8 Å². The van der Waals surface area contributed by atoms with E-state index in [2.05, 4.69) is 47.4 Å². The second-order valence-corrected chi connectivity index (χ2v) is 11.1. The highest BCUT2D eigenvalue weighted by atomic mass is 35.5. The lowest BCUT2D eigenvalue weighted by molar-refractivity contribution is -0.125. The number of likely N-dealkylation sites (N-methyl/N-ethyl adjacent to an activating group) is 1. The third kappa shape index (κ3) is 7.52. The van der Waals surface area contributed by atoms with E-state index in [4.69, 9.17) is 16.3 Å². The summed E-state index contributed by atoms with van der Waals surface area (Å²) >= 11 is 5.65. The average molecular weight is 570 g/mol. The standard InChI is InChI=1S/C19H23NO.C13H15ClF2N2O/c1-4-10-20-13-18(14(2)3)17-8-7-16(12-19(17)20)21-11-9-15-5-6-15;1-18-7-9(15)5-11(18)13(19)17-6-8-3-2-4-10(14)12(8)16/h4,7-8,12-13,15H,1-2,5-6,9-11H2,3H3;2-4,9,11H,5-7H2,1H3,(H,17,19)/t;9-,11+/m.1/s1. The fourth-order valence-electron chi connectivity index (χ4n) is 4.97. The van der Waals surface area contributed by atoms with Gasteiger partial charge in [-0.05, 0) is 50.1 Å². The molecule has 2 aliphatic rings. The maximum absolute atomic E-state index is 13.6. The lowest BCUT2D eigenvalue weighted by Crippen LogP contribution is -2.41. The van der Waals surface area contributed by atoms with Crippen molar-refractivity contribution in [3.63, 3.8) is 0 Å². The van der Waals surface area contributed by atoms with Crippen molar-refractivity contribution >= 4 is 34.0 Å². The molecule has 40 heavy (non-hydrogen) atoms. The van der Waals surface area contributed by atoms with Gasteiger partial charge in [-0.1, -0.05) is 49.2 Å². The minimum atomic E-state index is -0.983. The van der Waals surface area contributed by atoms with Crippen LogP contribution in [0.15, 0.2) is 61.8 Å². The van der Waals surface area contributed by atoms with E-state index in [0.29, 0.717) is 5.56 Å². The molecule has 2 aromatic carbocycles. The molecule has 2 heterocycles.